The highest BCUT2D eigenvalue weighted by Gasteiger charge is 2.06. The van der Waals surface area contributed by atoms with E-state index in [1.54, 1.807) is 0 Å². The van der Waals surface area contributed by atoms with Gasteiger partial charge in [-0.05, 0) is 12.1 Å². The molecule has 0 heterocycles. The number of aldehydes is 1. The Balaban J connectivity index is 3.01. The van der Waals surface area contributed by atoms with Gasteiger partial charge in [-0.25, -0.2) is 9.74 Å². The SMILES string of the molecule is O=Cc1cccc(C(=O)OF)c1. The molecule has 0 radical (unpaired) electrons. The lowest BCUT2D eigenvalue weighted by atomic mass is 10.1. The van der Waals surface area contributed by atoms with Crippen LogP contribution in [0.2, 0.25) is 0 Å². The molecule has 1 rings (SSSR count). The van der Waals surface area contributed by atoms with Crippen LogP contribution < -0.4 is 0 Å². The van der Waals surface area contributed by atoms with Crippen molar-refractivity contribution in [3.8, 4) is 0 Å². The zero-order valence-electron chi connectivity index (χ0n) is 5.99. The van der Waals surface area contributed by atoms with Gasteiger partial charge < -0.3 is 0 Å². The molecular weight excluding hydrogens is 163 g/mol. The van der Waals surface area contributed by atoms with E-state index in [1.165, 1.54) is 24.3 Å². The molecule has 0 saturated carbocycles. The zero-order valence-corrected chi connectivity index (χ0v) is 5.99. The average molecular weight is 168 g/mol. The van der Waals surface area contributed by atoms with Crippen LogP contribution in [-0.4, -0.2) is 12.3 Å². The van der Waals surface area contributed by atoms with Crippen LogP contribution >= 0.6 is 0 Å². The Labute approximate surface area is 67.7 Å². The largest absolute Gasteiger partial charge is 0.379 e. The smallest absolute Gasteiger partial charge is 0.298 e. The van der Waals surface area contributed by atoms with E-state index in [1.807, 2.05) is 0 Å². The van der Waals surface area contributed by atoms with Gasteiger partial charge in [-0.15, -0.1) is 0 Å². The summed E-state index contributed by atoms with van der Waals surface area (Å²) in [5.41, 5.74) is 0.319. The second kappa shape index (κ2) is 3.61. The van der Waals surface area contributed by atoms with Crippen molar-refractivity contribution < 1.29 is 19.1 Å². The first-order chi connectivity index (χ1) is 5.77. The first-order valence-electron chi connectivity index (χ1n) is 3.16. The highest BCUT2D eigenvalue weighted by atomic mass is 19.3. The molecule has 0 spiro atoms. The molecule has 0 atom stereocenters. The molecule has 0 aliphatic rings. The number of carbonyl (C=O) groups is 2. The maximum absolute atomic E-state index is 11.4. The minimum Gasteiger partial charge on any atom is -0.298 e. The van der Waals surface area contributed by atoms with Crippen LogP contribution in [0.3, 0.4) is 0 Å². The van der Waals surface area contributed by atoms with Crippen LogP contribution in [0, 0.1) is 0 Å². The van der Waals surface area contributed by atoms with Gasteiger partial charge in [0.1, 0.15) is 6.29 Å². The third-order valence-electron chi connectivity index (χ3n) is 1.33. The van der Waals surface area contributed by atoms with Crippen LogP contribution in [0.5, 0.6) is 0 Å². The molecule has 3 nitrogen and oxygen atoms in total. The second-order valence-electron chi connectivity index (χ2n) is 2.11. The van der Waals surface area contributed by atoms with Gasteiger partial charge in [0.05, 0.1) is 5.56 Å². The first-order valence-corrected chi connectivity index (χ1v) is 3.16. The summed E-state index contributed by atoms with van der Waals surface area (Å²) >= 11 is 0. The number of rotatable bonds is 2. The lowest BCUT2D eigenvalue weighted by Gasteiger charge is -1.94. The highest BCUT2D eigenvalue weighted by molar-refractivity contribution is 5.91. The number of carbonyl (C=O) groups excluding carboxylic acids is 2. The molecule has 4 heteroatoms. The fraction of sp³-hybridized carbons (Fsp3) is 0. The molecule has 0 aliphatic carbocycles. The molecule has 0 fully saturated rings. The number of hydrogen-bond donors (Lipinski definition) is 0. The van der Waals surface area contributed by atoms with Crippen molar-refractivity contribution in [1.82, 2.24) is 0 Å². The molecular formula is C8H5FO3. The summed E-state index contributed by atoms with van der Waals surface area (Å²) in [4.78, 5) is 23.8. The molecule has 0 N–H and O–H groups in total. The Morgan fingerprint density at radius 3 is 2.83 bits per heavy atom. The van der Waals surface area contributed by atoms with Crippen molar-refractivity contribution in [2.45, 2.75) is 0 Å². The minimum absolute atomic E-state index is 0.0158. The van der Waals surface area contributed by atoms with Crippen molar-refractivity contribution in [3.63, 3.8) is 0 Å². The summed E-state index contributed by atoms with van der Waals surface area (Å²) in [6.45, 7) is 0. The number of benzene rings is 1. The Morgan fingerprint density at radius 1 is 1.50 bits per heavy atom. The fourth-order valence-corrected chi connectivity index (χ4v) is 0.783. The van der Waals surface area contributed by atoms with Crippen molar-refractivity contribution >= 4 is 12.3 Å². The van der Waals surface area contributed by atoms with E-state index in [2.05, 4.69) is 4.94 Å². The van der Waals surface area contributed by atoms with Gasteiger partial charge in [0.15, 0.2) is 0 Å². The second-order valence-corrected chi connectivity index (χ2v) is 2.11. The number of hydrogen-bond acceptors (Lipinski definition) is 3. The van der Waals surface area contributed by atoms with E-state index >= 15 is 0 Å². The molecule has 0 aromatic heterocycles. The molecule has 0 bridgehead atoms. The first kappa shape index (κ1) is 8.39. The molecule has 0 amide bonds. The van der Waals surface area contributed by atoms with Crippen molar-refractivity contribution in [3.05, 3.63) is 35.4 Å². The zero-order chi connectivity index (χ0) is 8.97. The third-order valence-corrected chi connectivity index (χ3v) is 1.33. The average Bonchev–Trinajstić information content (AvgIpc) is 2.17. The standard InChI is InChI=1S/C8H5FO3/c9-12-8(11)7-3-1-2-6(4-7)5-10/h1-5H. The van der Waals surface area contributed by atoms with Crippen LogP contribution in [0.1, 0.15) is 20.7 Å². The highest BCUT2D eigenvalue weighted by Crippen LogP contribution is 2.04. The topological polar surface area (TPSA) is 43.4 Å². The van der Waals surface area contributed by atoms with Gasteiger partial charge in [0.2, 0.25) is 0 Å². The summed E-state index contributed by atoms with van der Waals surface area (Å²) in [5.74, 6) is -1.10. The lowest BCUT2D eigenvalue weighted by Crippen LogP contribution is -1.98. The van der Waals surface area contributed by atoms with Crippen LogP contribution in [-0.2, 0) is 4.94 Å². The Kier molecular flexibility index (Phi) is 2.53. The Hall–Kier alpha value is -1.71. The Bertz CT molecular complexity index is 309. The molecule has 0 unspecified atom stereocenters. The van der Waals surface area contributed by atoms with Crippen LogP contribution in [0.15, 0.2) is 24.3 Å². The van der Waals surface area contributed by atoms with E-state index in [0.29, 0.717) is 11.8 Å². The van der Waals surface area contributed by atoms with E-state index in [-0.39, 0.29) is 5.56 Å². The summed E-state index contributed by atoms with van der Waals surface area (Å²) in [7, 11) is 0. The fourth-order valence-electron chi connectivity index (χ4n) is 0.783. The maximum Gasteiger partial charge on any atom is 0.379 e. The maximum atomic E-state index is 11.4. The van der Waals surface area contributed by atoms with Crippen LogP contribution in [0.4, 0.5) is 4.53 Å². The van der Waals surface area contributed by atoms with Crippen LogP contribution in [0.25, 0.3) is 0 Å². The summed E-state index contributed by atoms with van der Waals surface area (Å²) in [6, 6.07) is 5.57. The monoisotopic (exact) mass is 168 g/mol. The summed E-state index contributed by atoms with van der Waals surface area (Å²) in [6.07, 6.45) is 0.564. The van der Waals surface area contributed by atoms with Gasteiger partial charge in [0.25, 0.3) is 0 Å². The van der Waals surface area contributed by atoms with Crippen molar-refractivity contribution in [2.24, 2.45) is 0 Å². The number of halogens is 1. The Morgan fingerprint density at radius 2 is 2.25 bits per heavy atom. The van der Waals surface area contributed by atoms with E-state index < -0.39 is 5.97 Å². The van der Waals surface area contributed by atoms with Gasteiger partial charge in [-0.3, -0.25) is 4.79 Å². The predicted octanol–water partition coefficient (Wildman–Crippen LogP) is 1.54. The summed E-state index contributed by atoms with van der Waals surface area (Å²) in [5, 5.41) is 0. The molecule has 12 heavy (non-hydrogen) atoms. The van der Waals surface area contributed by atoms with Gasteiger partial charge in [-0.2, -0.15) is 0 Å². The van der Waals surface area contributed by atoms with Gasteiger partial charge in [0, 0.05) is 10.1 Å². The summed E-state index contributed by atoms with van der Waals surface area (Å²) < 4.78 is 11.4. The lowest BCUT2D eigenvalue weighted by molar-refractivity contribution is -0.0788. The molecule has 0 aliphatic heterocycles. The molecule has 1 aromatic rings. The molecule has 62 valence electrons. The van der Waals surface area contributed by atoms with E-state index in [9.17, 15) is 14.1 Å². The molecule has 0 saturated heterocycles. The normalized spacial score (nSPS) is 9.08. The predicted molar refractivity (Wildman–Crippen MR) is 38.4 cm³/mol. The van der Waals surface area contributed by atoms with Gasteiger partial charge >= 0.3 is 5.97 Å². The van der Waals surface area contributed by atoms with Crippen molar-refractivity contribution in [1.29, 1.82) is 0 Å². The third kappa shape index (κ3) is 1.66. The van der Waals surface area contributed by atoms with Gasteiger partial charge in [-0.1, -0.05) is 12.1 Å². The van der Waals surface area contributed by atoms with Crippen molar-refractivity contribution in [2.75, 3.05) is 0 Å². The quantitative estimate of drug-likeness (QED) is 0.629. The van der Waals surface area contributed by atoms with E-state index in [4.69, 9.17) is 0 Å². The molecule has 1 aromatic carbocycles. The van der Waals surface area contributed by atoms with E-state index in [0.717, 1.165) is 0 Å². The minimum atomic E-state index is -1.10.